The second kappa shape index (κ2) is 13.9. The minimum atomic E-state index is -3.73. The summed E-state index contributed by atoms with van der Waals surface area (Å²) < 4.78 is 45.3. The molecule has 3 fully saturated rings. The summed E-state index contributed by atoms with van der Waals surface area (Å²) in [4.78, 5) is 52.0. The molecule has 1 atom stereocenters. The van der Waals surface area contributed by atoms with Gasteiger partial charge in [0.15, 0.2) is 0 Å². The fraction of sp³-hybridized carbons (Fsp3) is 0.500. The van der Waals surface area contributed by atoms with Gasteiger partial charge in [-0.3, -0.25) is 24.6 Å². The van der Waals surface area contributed by atoms with Crippen molar-refractivity contribution in [3.8, 4) is 11.5 Å². The molecule has 14 nitrogen and oxygen atoms in total. The molecule has 0 radical (unpaired) electrons. The zero-order valence-electron chi connectivity index (χ0n) is 26.0. The van der Waals surface area contributed by atoms with Crippen LogP contribution in [0.1, 0.15) is 54.4 Å². The number of hydrogen-bond donors (Lipinski definition) is 2. The maximum Gasteiger partial charge on any atom is 0.404 e. The molecule has 15 heteroatoms. The lowest BCUT2D eigenvalue weighted by molar-refractivity contribution is -0.136. The number of fused-ring (bicyclic) bond motifs is 1. The zero-order chi connectivity index (χ0) is 33.1. The first-order valence-electron chi connectivity index (χ1n) is 15.9. The van der Waals surface area contributed by atoms with Crippen LogP contribution in [0.25, 0.3) is 0 Å². The fourth-order valence-electron chi connectivity index (χ4n) is 6.63. The van der Waals surface area contributed by atoms with Gasteiger partial charge in [-0.15, -0.1) is 0 Å². The van der Waals surface area contributed by atoms with Gasteiger partial charge in [0, 0.05) is 56.3 Å². The van der Waals surface area contributed by atoms with Crippen LogP contribution in [-0.4, -0.2) is 104 Å². The SMILES string of the molecule is NC(=O)OC1CCN(S(=O)(=O)c2cccc(OC3CCN(CCOc4cccc5c4CN(C4CCC(=O)NC4=O)C5=O)CC3)c2)CC1. The Hall–Kier alpha value is -4.21. The Bertz CT molecular complexity index is 1630. The van der Waals surface area contributed by atoms with Crippen LogP contribution in [-0.2, 0) is 30.9 Å². The summed E-state index contributed by atoms with van der Waals surface area (Å²) in [5, 5.41) is 2.32. The van der Waals surface area contributed by atoms with E-state index in [1.807, 2.05) is 6.07 Å². The van der Waals surface area contributed by atoms with Crippen LogP contribution in [0.15, 0.2) is 47.4 Å². The number of primary amides is 1. The molecule has 0 aliphatic carbocycles. The summed E-state index contributed by atoms with van der Waals surface area (Å²) >= 11 is 0. The molecule has 2 aromatic carbocycles. The largest absolute Gasteiger partial charge is 0.492 e. The summed E-state index contributed by atoms with van der Waals surface area (Å²) in [6.45, 7) is 3.38. The molecule has 4 heterocycles. The number of ether oxygens (including phenoxy) is 3. The second-order valence-corrected chi connectivity index (χ2v) is 14.1. The average Bonchev–Trinajstić information content (AvgIpc) is 3.38. The van der Waals surface area contributed by atoms with E-state index < -0.39 is 28.1 Å². The van der Waals surface area contributed by atoms with E-state index in [9.17, 15) is 27.6 Å². The molecule has 2 aromatic rings. The third kappa shape index (κ3) is 7.36. The number of nitrogens with two attached hydrogens (primary N) is 1. The van der Waals surface area contributed by atoms with Crippen molar-refractivity contribution >= 4 is 33.8 Å². The maximum absolute atomic E-state index is 13.3. The van der Waals surface area contributed by atoms with Crippen LogP contribution in [0, 0.1) is 0 Å². The van der Waals surface area contributed by atoms with E-state index in [0.29, 0.717) is 49.5 Å². The summed E-state index contributed by atoms with van der Waals surface area (Å²) in [6, 6.07) is 11.2. The monoisotopic (exact) mass is 669 g/mol. The molecule has 0 aromatic heterocycles. The van der Waals surface area contributed by atoms with Crippen molar-refractivity contribution in [2.45, 2.75) is 68.2 Å². The number of amides is 4. The number of rotatable bonds is 10. The molecular weight excluding hydrogens is 630 g/mol. The Morgan fingerprint density at radius 2 is 1.66 bits per heavy atom. The topological polar surface area (TPSA) is 178 Å². The number of imide groups is 1. The van der Waals surface area contributed by atoms with Gasteiger partial charge in [0.05, 0.1) is 11.4 Å². The number of hydrogen-bond acceptors (Lipinski definition) is 10. The van der Waals surface area contributed by atoms with Gasteiger partial charge in [-0.2, -0.15) is 4.31 Å². The summed E-state index contributed by atoms with van der Waals surface area (Å²) in [6.07, 6.45) is 1.51. The van der Waals surface area contributed by atoms with Crippen LogP contribution >= 0.6 is 0 Å². The number of benzene rings is 2. The van der Waals surface area contributed by atoms with Crippen LogP contribution in [0.4, 0.5) is 4.79 Å². The Morgan fingerprint density at radius 3 is 2.38 bits per heavy atom. The fourth-order valence-corrected chi connectivity index (χ4v) is 8.14. The van der Waals surface area contributed by atoms with Gasteiger partial charge >= 0.3 is 6.09 Å². The molecular formula is C32H39N5O9S. The van der Waals surface area contributed by atoms with Crippen molar-refractivity contribution in [3.63, 3.8) is 0 Å². The van der Waals surface area contributed by atoms with Crippen LogP contribution in [0.5, 0.6) is 11.5 Å². The Balaban J connectivity index is 0.964. The lowest BCUT2D eigenvalue weighted by atomic mass is 10.0. The number of piperidine rings is 3. The number of carbonyl (C=O) groups is 4. The van der Waals surface area contributed by atoms with Crippen LogP contribution in [0.2, 0.25) is 0 Å². The molecule has 6 rings (SSSR count). The minimum Gasteiger partial charge on any atom is -0.492 e. The number of likely N-dealkylation sites (tertiary alicyclic amines) is 1. The zero-order valence-corrected chi connectivity index (χ0v) is 26.8. The molecule has 3 N–H and O–H groups in total. The highest BCUT2D eigenvalue weighted by atomic mass is 32.2. The van der Waals surface area contributed by atoms with E-state index in [0.717, 1.165) is 31.5 Å². The Kier molecular flexibility index (Phi) is 9.66. The van der Waals surface area contributed by atoms with Crippen molar-refractivity contribution in [2.75, 3.05) is 39.3 Å². The molecule has 4 aliphatic heterocycles. The highest BCUT2D eigenvalue weighted by molar-refractivity contribution is 7.89. The quantitative estimate of drug-likeness (QED) is 0.353. The summed E-state index contributed by atoms with van der Waals surface area (Å²) in [5.41, 5.74) is 6.35. The van der Waals surface area contributed by atoms with Gasteiger partial charge in [0.1, 0.15) is 36.4 Å². The van der Waals surface area contributed by atoms with Crippen molar-refractivity contribution < 1.29 is 41.8 Å². The normalized spacial score (nSPS) is 21.7. The molecule has 47 heavy (non-hydrogen) atoms. The smallest absolute Gasteiger partial charge is 0.404 e. The molecule has 0 spiro atoms. The van der Waals surface area contributed by atoms with Crippen molar-refractivity contribution in [2.24, 2.45) is 5.73 Å². The van der Waals surface area contributed by atoms with E-state index >= 15 is 0 Å². The summed E-state index contributed by atoms with van der Waals surface area (Å²) in [5.74, 6) is 0.113. The highest BCUT2D eigenvalue weighted by Gasteiger charge is 2.40. The third-order valence-electron chi connectivity index (χ3n) is 9.17. The molecule has 4 aliphatic rings. The first-order valence-corrected chi connectivity index (χ1v) is 17.4. The minimum absolute atomic E-state index is 0.0616. The lowest BCUT2D eigenvalue weighted by Crippen LogP contribution is -2.52. The van der Waals surface area contributed by atoms with Crippen molar-refractivity contribution in [1.29, 1.82) is 0 Å². The molecule has 1 unspecified atom stereocenters. The number of carbonyl (C=O) groups excluding carboxylic acids is 4. The maximum atomic E-state index is 13.3. The van der Waals surface area contributed by atoms with E-state index in [2.05, 4.69) is 10.2 Å². The van der Waals surface area contributed by atoms with Crippen LogP contribution < -0.4 is 20.5 Å². The van der Waals surface area contributed by atoms with E-state index in [1.54, 1.807) is 36.4 Å². The van der Waals surface area contributed by atoms with Gasteiger partial charge in [-0.25, -0.2) is 13.2 Å². The third-order valence-corrected chi connectivity index (χ3v) is 11.1. The van der Waals surface area contributed by atoms with E-state index in [1.165, 1.54) is 9.21 Å². The van der Waals surface area contributed by atoms with Gasteiger partial charge in [0.2, 0.25) is 21.8 Å². The second-order valence-electron chi connectivity index (χ2n) is 12.2. The van der Waals surface area contributed by atoms with Gasteiger partial charge in [-0.1, -0.05) is 12.1 Å². The van der Waals surface area contributed by atoms with Gasteiger partial charge in [-0.05, 0) is 56.4 Å². The average molecular weight is 670 g/mol. The van der Waals surface area contributed by atoms with E-state index in [4.69, 9.17) is 19.9 Å². The molecule has 3 saturated heterocycles. The van der Waals surface area contributed by atoms with Gasteiger partial charge in [0.25, 0.3) is 5.91 Å². The molecule has 252 valence electrons. The molecule has 4 amide bonds. The van der Waals surface area contributed by atoms with E-state index in [-0.39, 0.29) is 55.0 Å². The number of nitrogens with zero attached hydrogens (tertiary/aromatic N) is 3. The Labute approximate surface area is 273 Å². The molecule has 0 bridgehead atoms. The van der Waals surface area contributed by atoms with Gasteiger partial charge < -0.3 is 24.8 Å². The first kappa shape index (κ1) is 32.7. The Morgan fingerprint density at radius 1 is 0.936 bits per heavy atom. The molecule has 0 saturated carbocycles. The van der Waals surface area contributed by atoms with Crippen molar-refractivity contribution in [1.82, 2.24) is 19.4 Å². The van der Waals surface area contributed by atoms with Crippen LogP contribution in [0.3, 0.4) is 0 Å². The number of sulfonamides is 1. The number of nitrogens with one attached hydrogen (secondary N) is 1. The standard InChI is InChI=1S/C32H39N5O9S/c33-32(41)46-22-11-15-36(16-12-22)47(42,43)24-4-1-3-23(19-24)45-21-9-13-35(14-10-21)17-18-44-28-6-2-5-25-26(28)20-37(31(25)40)27-7-8-29(38)34-30(27)39/h1-6,19,21-22,27H,7-18,20H2,(H2,33,41)(H,34,38,39). The lowest BCUT2D eigenvalue weighted by Gasteiger charge is -2.32. The first-order chi connectivity index (χ1) is 22.6. The van der Waals surface area contributed by atoms with Crippen molar-refractivity contribution in [3.05, 3.63) is 53.6 Å². The summed E-state index contributed by atoms with van der Waals surface area (Å²) in [7, 11) is -3.73. The predicted molar refractivity (Wildman–Crippen MR) is 167 cm³/mol. The highest BCUT2D eigenvalue weighted by Crippen LogP contribution is 2.34. The predicted octanol–water partition coefficient (Wildman–Crippen LogP) is 1.62.